The second-order valence-corrected chi connectivity index (χ2v) is 7.32. The van der Waals surface area contributed by atoms with Crippen molar-refractivity contribution < 1.29 is 19.4 Å². The fraction of sp³-hybridized carbons (Fsp3) is 0.0455. The summed E-state index contributed by atoms with van der Waals surface area (Å²) in [5.41, 5.74) is 1.05. The Kier molecular flexibility index (Phi) is 6.53. The third-order valence-corrected chi connectivity index (χ3v) is 4.91. The molecule has 33 heavy (non-hydrogen) atoms. The Bertz CT molecular complexity index is 1280. The van der Waals surface area contributed by atoms with Gasteiger partial charge in [-0.25, -0.2) is 9.78 Å². The van der Waals surface area contributed by atoms with Crippen LogP contribution >= 0.6 is 23.2 Å². The maximum absolute atomic E-state index is 11.0. The molecule has 0 bridgehead atoms. The topological polar surface area (TPSA) is 119 Å². The zero-order valence-corrected chi connectivity index (χ0v) is 18.5. The van der Waals surface area contributed by atoms with Gasteiger partial charge in [-0.1, -0.05) is 29.3 Å². The van der Waals surface area contributed by atoms with Crippen LogP contribution in [0.25, 0.3) is 11.4 Å². The van der Waals surface area contributed by atoms with Gasteiger partial charge in [0.25, 0.3) is 0 Å². The van der Waals surface area contributed by atoms with Gasteiger partial charge >= 0.3 is 12.0 Å². The van der Waals surface area contributed by atoms with Crippen molar-refractivity contribution in [1.29, 1.82) is 0 Å². The Labute approximate surface area is 198 Å². The van der Waals surface area contributed by atoms with Crippen LogP contribution in [0.15, 0.2) is 60.8 Å². The summed E-state index contributed by atoms with van der Waals surface area (Å²) in [5.74, 6) is 0.194. The molecular formula is C22H15Cl2N5O4. The molecule has 0 amide bonds. The van der Waals surface area contributed by atoms with E-state index in [4.69, 9.17) is 37.8 Å². The van der Waals surface area contributed by atoms with Crippen molar-refractivity contribution >= 4 is 40.8 Å². The highest BCUT2D eigenvalue weighted by molar-refractivity contribution is 6.37. The number of halogens is 2. The number of pyridine rings is 1. The van der Waals surface area contributed by atoms with E-state index in [-0.39, 0.29) is 33.4 Å². The van der Waals surface area contributed by atoms with E-state index in [9.17, 15) is 4.79 Å². The summed E-state index contributed by atoms with van der Waals surface area (Å²) in [5, 5.41) is 12.6. The van der Waals surface area contributed by atoms with E-state index in [1.165, 1.54) is 12.3 Å². The Balaban J connectivity index is 1.72. The van der Waals surface area contributed by atoms with Crippen molar-refractivity contribution in [2.45, 2.75) is 0 Å². The SMILES string of the molecule is COc1ccc(-c2nc(Nc3ccc(C(=O)O)nc3)nc(Oc3c(Cl)cccc3Cl)n2)cc1. The molecule has 0 spiro atoms. The Morgan fingerprint density at radius 1 is 0.970 bits per heavy atom. The lowest BCUT2D eigenvalue weighted by molar-refractivity contribution is 0.0690. The first kappa shape index (κ1) is 22.3. The summed E-state index contributed by atoms with van der Waals surface area (Å²) < 4.78 is 11.0. The number of carbonyl (C=O) groups is 1. The van der Waals surface area contributed by atoms with Crippen LogP contribution in [0.1, 0.15) is 10.5 Å². The highest BCUT2D eigenvalue weighted by Crippen LogP contribution is 2.35. The van der Waals surface area contributed by atoms with Crippen molar-refractivity contribution in [1.82, 2.24) is 19.9 Å². The number of nitrogens with zero attached hydrogens (tertiary/aromatic N) is 4. The zero-order chi connectivity index (χ0) is 23.4. The Hall–Kier alpha value is -3.95. The Morgan fingerprint density at radius 2 is 1.70 bits per heavy atom. The second-order valence-electron chi connectivity index (χ2n) is 6.51. The van der Waals surface area contributed by atoms with Crippen LogP contribution in [0.3, 0.4) is 0 Å². The van der Waals surface area contributed by atoms with Gasteiger partial charge in [0.05, 0.1) is 29.0 Å². The van der Waals surface area contributed by atoms with E-state index in [0.29, 0.717) is 22.8 Å². The molecule has 0 radical (unpaired) electrons. The predicted octanol–water partition coefficient (Wildman–Crippen LogP) is 5.48. The lowest BCUT2D eigenvalue weighted by atomic mass is 10.2. The van der Waals surface area contributed by atoms with Gasteiger partial charge in [0.1, 0.15) is 11.4 Å². The third-order valence-electron chi connectivity index (χ3n) is 4.31. The number of aromatic carboxylic acids is 1. The van der Waals surface area contributed by atoms with Crippen LogP contribution in [0.2, 0.25) is 10.0 Å². The number of anilines is 2. The number of benzene rings is 2. The maximum atomic E-state index is 11.0. The highest BCUT2D eigenvalue weighted by Gasteiger charge is 2.15. The molecule has 0 atom stereocenters. The monoisotopic (exact) mass is 483 g/mol. The molecule has 0 saturated heterocycles. The molecule has 0 unspecified atom stereocenters. The van der Waals surface area contributed by atoms with Gasteiger partial charge in [0.2, 0.25) is 5.95 Å². The average molecular weight is 484 g/mol. The van der Waals surface area contributed by atoms with Gasteiger partial charge < -0.3 is 19.9 Å². The van der Waals surface area contributed by atoms with Crippen molar-refractivity contribution in [2.24, 2.45) is 0 Å². The molecule has 0 saturated carbocycles. The summed E-state index contributed by atoms with van der Waals surface area (Å²) in [7, 11) is 1.57. The number of methoxy groups -OCH3 is 1. The number of carboxylic acids is 1. The smallest absolute Gasteiger partial charge is 0.354 e. The summed E-state index contributed by atoms with van der Waals surface area (Å²) >= 11 is 12.4. The number of rotatable bonds is 7. The molecular weight excluding hydrogens is 469 g/mol. The molecule has 0 aliphatic carbocycles. The van der Waals surface area contributed by atoms with Gasteiger partial charge in [-0.05, 0) is 48.5 Å². The van der Waals surface area contributed by atoms with Gasteiger partial charge in [-0.3, -0.25) is 0 Å². The summed E-state index contributed by atoms with van der Waals surface area (Å²) in [6, 6.07) is 14.9. The molecule has 0 aliphatic heterocycles. The number of hydrogen-bond acceptors (Lipinski definition) is 8. The molecule has 4 aromatic rings. The lowest BCUT2D eigenvalue weighted by Crippen LogP contribution is -2.05. The molecule has 9 nitrogen and oxygen atoms in total. The maximum Gasteiger partial charge on any atom is 0.354 e. The fourth-order valence-electron chi connectivity index (χ4n) is 2.72. The fourth-order valence-corrected chi connectivity index (χ4v) is 3.20. The average Bonchev–Trinajstić information content (AvgIpc) is 2.82. The second kappa shape index (κ2) is 9.68. The normalized spacial score (nSPS) is 10.5. The van der Waals surface area contributed by atoms with Crippen LogP contribution < -0.4 is 14.8 Å². The first-order valence-electron chi connectivity index (χ1n) is 9.41. The van der Waals surface area contributed by atoms with Crippen molar-refractivity contribution in [2.75, 3.05) is 12.4 Å². The highest BCUT2D eigenvalue weighted by atomic mass is 35.5. The summed E-state index contributed by atoms with van der Waals surface area (Å²) in [4.78, 5) is 28.0. The van der Waals surface area contributed by atoms with Crippen LogP contribution in [-0.2, 0) is 0 Å². The molecule has 0 aliphatic rings. The minimum absolute atomic E-state index is 0.0524. The molecule has 166 valence electrons. The van der Waals surface area contributed by atoms with Crippen LogP contribution in [0.4, 0.5) is 11.6 Å². The van der Waals surface area contributed by atoms with E-state index in [0.717, 1.165) is 0 Å². The van der Waals surface area contributed by atoms with Gasteiger partial charge in [-0.2, -0.15) is 15.0 Å². The van der Waals surface area contributed by atoms with Crippen LogP contribution in [-0.4, -0.2) is 38.1 Å². The van der Waals surface area contributed by atoms with Gasteiger partial charge in [-0.15, -0.1) is 0 Å². The first-order valence-corrected chi connectivity index (χ1v) is 10.2. The van der Waals surface area contributed by atoms with E-state index in [1.54, 1.807) is 55.6 Å². The summed E-state index contributed by atoms with van der Waals surface area (Å²) in [6.45, 7) is 0. The van der Waals surface area contributed by atoms with Crippen LogP contribution in [0, 0.1) is 0 Å². The van der Waals surface area contributed by atoms with Gasteiger partial charge in [0, 0.05) is 5.56 Å². The zero-order valence-electron chi connectivity index (χ0n) is 17.0. The van der Waals surface area contributed by atoms with E-state index in [1.807, 2.05) is 0 Å². The summed E-state index contributed by atoms with van der Waals surface area (Å²) in [6.07, 6.45) is 1.35. The number of nitrogens with one attached hydrogen (secondary N) is 1. The molecule has 4 rings (SSSR count). The third kappa shape index (κ3) is 5.28. The Morgan fingerprint density at radius 3 is 2.30 bits per heavy atom. The number of hydrogen-bond donors (Lipinski definition) is 2. The standard InChI is InChI=1S/C22H15Cl2N5O4/c1-32-14-8-5-12(6-9-14)19-27-21(26-13-7-10-17(20(30)31)25-11-13)29-22(28-19)33-18-15(23)3-2-4-16(18)24/h2-11H,1H3,(H,30,31)(H,26,27,28,29). The minimum atomic E-state index is -1.13. The number of aromatic nitrogens is 4. The molecule has 0 fully saturated rings. The molecule has 2 N–H and O–H groups in total. The van der Waals surface area contributed by atoms with E-state index >= 15 is 0 Å². The largest absolute Gasteiger partial charge is 0.497 e. The molecule has 11 heteroatoms. The van der Waals surface area contributed by atoms with Crippen molar-refractivity contribution in [3.05, 3.63) is 76.5 Å². The lowest BCUT2D eigenvalue weighted by Gasteiger charge is -2.11. The van der Waals surface area contributed by atoms with E-state index < -0.39 is 5.97 Å². The minimum Gasteiger partial charge on any atom is -0.497 e. The quantitative estimate of drug-likeness (QED) is 0.351. The molecule has 2 heterocycles. The number of ether oxygens (including phenoxy) is 2. The van der Waals surface area contributed by atoms with Crippen molar-refractivity contribution in [3.63, 3.8) is 0 Å². The molecule has 2 aromatic carbocycles. The molecule has 2 aromatic heterocycles. The number of carboxylic acid groups (broad SMARTS) is 1. The van der Waals surface area contributed by atoms with Crippen molar-refractivity contribution in [3.8, 4) is 28.9 Å². The predicted molar refractivity (Wildman–Crippen MR) is 123 cm³/mol. The van der Waals surface area contributed by atoms with Crippen LogP contribution in [0.5, 0.6) is 17.5 Å². The van der Waals surface area contributed by atoms with E-state index in [2.05, 4.69) is 25.3 Å². The van der Waals surface area contributed by atoms with Gasteiger partial charge in [0.15, 0.2) is 11.6 Å². The number of para-hydroxylation sites is 1. The first-order chi connectivity index (χ1) is 15.9.